The van der Waals surface area contributed by atoms with E-state index in [-0.39, 0.29) is 28.5 Å². The molecule has 0 aromatic heterocycles. The van der Waals surface area contributed by atoms with Gasteiger partial charge in [0.15, 0.2) is 17.7 Å². The van der Waals surface area contributed by atoms with Crippen molar-refractivity contribution in [2.75, 3.05) is 51.2 Å². The van der Waals surface area contributed by atoms with E-state index in [0.717, 1.165) is 22.6 Å². The first-order chi connectivity index (χ1) is 16.3. The topological polar surface area (TPSA) is 97.8 Å². The number of methoxy groups -OCH3 is 2. The van der Waals surface area contributed by atoms with E-state index in [9.17, 15) is 14.7 Å². The van der Waals surface area contributed by atoms with Gasteiger partial charge < -0.3 is 29.0 Å². The summed E-state index contributed by atoms with van der Waals surface area (Å²) in [5.74, 6) is 1.29. The molecule has 0 spiro atoms. The zero-order valence-electron chi connectivity index (χ0n) is 19.6. The summed E-state index contributed by atoms with van der Waals surface area (Å²) in [4.78, 5) is 29.6. The molecule has 2 unspecified atom stereocenters. The third kappa shape index (κ3) is 4.58. The Morgan fingerprint density at radius 2 is 2.06 bits per heavy atom. The van der Waals surface area contributed by atoms with Crippen LogP contribution in [0.3, 0.4) is 0 Å². The molecule has 11 heteroatoms. The molecule has 2 fully saturated rings. The summed E-state index contributed by atoms with van der Waals surface area (Å²) in [7, 11) is 6.30. The maximum atomic E-state index is 13.5. The number of benzene rings is 1. The van der Waals surface area contributed by atoms with Gasteiger partial charge in [0.1, 0.15) is 6.61 Å². The van der Waals surface area contributed by atoms with Crippen molar-refractivity contribution in [2.24, 2.45) is 0 Å². The normalized spacial score (nSPS) is 26.2. The van der Waals surface area contributed by atoms with Crippen LogP contribution in [0, 0.1) is 0 Å². The Kier molecular flexibility index (Phi) is 7.56. The van der Waals surface area contributed by atoms with Crippen LogP contribution in [0.5, 0.6) is 11.5 Å². The van der Waals surface area contributed by atoms with E-state index in [0.29, 0.717) is 37.7 Å². The van der Waals surface area contributed by atoms with Gasteiger partial charge in [-0.15, -0.1) is 0 Å². The van der Waals surface area contributed by atoms with Gasteiger partial charge >= 0.3 is 6.09 Å². The standard InChI is InChI=1S/C23H30N2O7S2/c1-5-33-34-23(6-7-31-12-23)13-32-22(28)25-16-10-19(30-4)18(29-3)9-15(16)20(26)24-11-14(2)8-17(24)21(25)27/h9-10,17,21,27H,2,5-8,11-13H2,1,3-4H3/t17-,21?,23?/m0/s1. The van der Waals surface area contributed by atoms with Crippen LogP contribution in [0.25, 0.3) is 0 Å². The maximum Gasteiger partial charge on any atom is 0.416 e. The number of nitrogens with zero attached hydrogens (tertiary/aromatic N) is 2. The molecule has 2 saturated heterocycles. The summed E-state index contributed by atoms with van der Waals surface area (Å²) in [5, 5.41) is 11.3. The number of rotatable bonds is 7. The predicted molar refractivity (Wildman–Crippen MR) is 132 cm³/mol. The van der Waals surface area contributed by atoms with Gasteiger partial charge in [-0.1, -0.05) is 40.7 Å². The fourth-order valence-electron chi connectivity index (χ4n) is 4.47. The number of hydrogen-bond acceptors (Lipinski definition) is 9. The van der Waals surface area contributed by atoms with Crippen LogP contribution in [0.4, 0.5) is 10.5 Å². The molecule has 3 heterocycles. The predicted octanol–water partition coefficient (Wildman–Crippen LogP) is 3.31. The van der Waals surface area contributed by atoms with Crippen molar-refractivity contribution in [1.82, 2.24) is 4.90 Å². The molecule has 0 bridgehead atoms. The molecule has 3 aliphatic rings. The van der Waals surface area contributed by atoms with E-state index in [1.165, 1.54) is 26.4 Å². The van der Waals surface area contributed by atoms with E-state index in [1.807, 2.05) is 0 Å². The van der Waals surface area contributed by atoms with Crippen molar-refractivity contribution in [3.63, 3.8) is 0 Å². The molecule has 0 radical (unpaired) electrons. The lowest BCUT2D eigenvalue weighted by Crippen LogP contribution is -2.51. The molecule has 34 heavy (non-hydrogen) atoms. The fraction of sp³-hybridized carbons (Fsp3) is 0.565. The number of carbonyl (C=O) groups excluding carboxylic acids is 2. The average molecular weight is 511 g/mol. The molecule has 2 amide bonds. The molecule has 3 aliphatic heterocycles. The fourth-order valence-corrected chi connectivity index (χ4v) is 6.89. The Labute approximate surface area is 207 Å². The van der Waals surface area contributed by atoms with Crippen molar-refractivity contribution < 1.29 is 33.6 Å². The van der Waals surface area contributed by atoms with Crippen molar-refractivity contribution in [2.45, 2.75) is 36.8 Å². The highest BCUT2D eigenvalue weighted by Gasteiger charge is 2.47. The van der Waals surface area contributed by atoms with Crippen LogP contribution in [0.15, 0.2) is 24.3 Å². The summed E-state index contributed by atoms with van der Waals surface area (Å²) in [5.41, 5.74) is 1.25. The highest BCUT2D eigenvalue weighted by Crippen LogP contribution is 2.44. The van der Waals surface area contributed by atoms with E-state index in [1.54, 1.807) is 26.5 Å². The van der Waals surface area contributed by atoms with E-state index >= 15 is 0 Å². The minimum Gasteiger partial charge on any atom is -0.493 e. The second-order valence-corrected chi connectivity index (χ2v) is 11.5. The Bertz CT molecular complexity index is 967. The Morgan fingerprint density at radius 3 is 2.71 bits per heavy atom. The summed E-state index contributed by atoms with van der Waals surface area (Å²) < 4.78 is 21.8. The molecule has 0 saturated carbocycles. The first-order valence-corrected chi connectivity index (χ1v) is 13.4. The minimum absolute atomic E-state index is 0.129. The van der Waals surface area contributed by atoms with E-state index in [2.05, 4.69) is 13.5 Å². The molecule has 186 valence electrons. The number of carbonyl (C=O) groups is 2. The van der Waals surface area contributed by atoms with Gasteiger partial charge in [0.05, 0.1) is 42.9 Å². The average Bonchev–Trinajstić information content (AvgIpc) is 3.46. The van der Waals surface area contributed by atoms with Crippen LogP contribution in [-0.4, -0.2) is 85.4 Å². The van der Waals surface area contributed by atoms with Crippen molar-refractivity contribution in [3.05, 3.63) is 29.8 Å². The highest BCUT2D eigenvalue weighted by molar-refractivity contribution is 8.77. The number of fused-ring (bicyclic) bond motifs is 2. The summed E-state index contributed by atoms with van der Waals surface area (Å²) >= 11 is 0. The number of aliphatic hydroxyl groups is 1. The van der Waals surface area contributed by atoms with Gasteiger partial charge in [-0.05, 0) is 18.9 Å². The van der Waals surface area contributed by atoms with E-state index < -0.39 is 18.4 Å². The first kappa shape index (κ1) is 25.0. The first-order valence-electron chi connectivity index (χ1n) is 11.1. The lowest BCUT2D eigenvalue weighted by atomic mass is 10.1. The zero-order valence-corrected chi connectivity index (χ0v) is 21.2. The largest absolute Gasteiger partial charge is 0.493 e. The molecule has 1 aromatic carbocycles. The van der Waals surface area contributed by atoms with Crippen molar-refractivity contribution in [1.29, 1.82) is 0 Å². The SMILES string of the molecule is C=C1C[C@H]2C(O)N(C(=O)OCC3(SSCC)CCOC3)c3cc(OC)c(OC)cc3C(=O)N2C1. The molecular formula is C23H30N2O7S2. The number of anilines is 1. The summed E-state index contributed by atoms with van der Waals surface area (Å²) in [6, 6.07) is 2.43. The quantitative estimate of drug-likeness (QED) is 0.438. The third-order valence-electron chi connectivity index (χ3n) is 6.23. The number of ether oxygens (including phenoxy) is 4. The van der Waals surface area contributed by atoms with E-state index in [4.69, 9.17) is 18.9 Å². The zero-order chi connectivity index (χ0) is 24.5. The molecule has 1 N–H and O–H groups in total. The van der Waals surface area contributed by atoms with Gasteiger partial charge in [0, 0.05) is 25.0 Å². The molecular weight excluding hydrogens is 480 g/mol. The Balaban J connectivity index is 1.70. The van der Waals surface area contributed by atoms with Crippen molar-refractivity contribution >= 4 is 39.3 Å². The van der Waals surface area contributed by atoms with Gasteiger partial charge in [-0.3, -0.25) is 4.79 Å². The second-order valence-electron chi connectivity index (χ2n) is 8.49. The van der Waals surface area contributed by atoms with Crippen LogP contribution >= 0.6 is 21.6 Å². The molecule has 3 atom stereocenters. The minimum atomic E-state index is -1.32. The van der Waals surface area contributed by atoms with Gasteiger partial charge in [0.25, 0.3) is 5.91 Å². The van der Waals surface area contributed by atoms with Crippen LogP contribution in [0.1, 0.15) is 30.1 Å². The molecule has 9 nitrogen and oxygen atoms in total. The van der Waals surface area contributed by atoms with Crippen LogP contribution in [-0.2, 0) is 9.47 Å². The highest BCUT2D eigenvalue weighted by atomic mass is 33.1. The van der Waals surface area contributed by atoms with Crippen molar-refractivity contribution in [3.8, 4) is 11.5 Å². The molecule has 1 aromatic rings. The summed E-state index contributed by atoms with van der Waals surface area (Å²) in [6.07, 6.45) is -0.902. The third-order valence-corrected chi connectivity index (χ3v) is 9.50. The maximum absolute atomic E-state index is 13.5. The van der Waals surface area contributed by atoms with Gasteiger partial charge in [0.2, 0.25) is 0 Å². The Morgan fingerprint density at radius 1 is 1.32 bits per heavy atom. The summed E-state index contributed by atoms with van der Waals surface area (Å²) in [6.45, 7) is 7.58. The lowest BCUT2D eigenvalue weighted by molar-refractivity contribution is 0.0482. The lowest BCUT2D eigenvalue weighted by Gasteiger charge is -2.33. The van der Waals surface area contributed by atoms with Gasteiger partial charge in [-0.2, -0.15) is 0 Å². The Hall–Kier alpha value is -2.08. The van der Waals surface area contributed by atoms with Crippen LogP contribution in [0.2, 0.25) is 0 Å². The monoisotopic (exact) mass is 510 g/mol. The molecule has 0 aliphatic carbocycles. The van der Waals surface area contributed by atoms with Crippen LogP contribution < -0.4 is 14.4 Å². The second kappa shape index (κ2) is 10.3. The number of amides is 2. The number of aliphatic hydroxyl groups excluding tert-OH is 1. The van der Waals surface area contributed by atoms with Gasteiger partial charge in [-0.25, -0.2) is 9.69 Å². The smallest absolute Gasteiger partial charge is 0.416 e. The number of hydrogen-bond donors (Lipinski definition) is 1. The molecule has 4 rings (SSSR count).